The van der Waals surface area contributed by atoms with E-state index < -0.39 is 17.2 Å². The van der Waals surface area contributed by atoms with E-state index in [0.29, 0.717) is 15.9 Å². The topological polar surface area (TPSA) is 107 Å². The molecule has 0 radical (unpaired) electrons. The maximum absolute atomic E-state index is 15.2. The summed E-state index contributed by atoms with van der Waals surface area (Å²) in [7, 11) is 0. The summed E-state index contributed by atoms with van der Waals surface area (Å²) in [6, 6.07) is 33.8. The Morgan fingerprint density at radius 3 is 1.76 bits per heavy atom. The standard InChI is InChI=1S/C33H31N2O6P/c1-25(36)21-27-22-32(37)34(27)24-42(28-14-5-2-6-15-28,29-16-7-3-8-17-29,30-18-9-4-10-19-30)33(38)41-23-26-13-11-12-20-31(26)35(39)40/h2-20,27H,21-24H2,1H3. The van der Waals surface area contributed by atoms with Crippen molar-refractivity contribution in [2.24, 2.45) is 0 Å². The van der Waals surface area contributed by atoms with Crippen molar-refractivity contribution in [1.29, 1.82) is 0 Å². The normalized spacial score (nSPS) is 15.6. The van der Waals surface area contributed by atoms with E-state index in [-0.39, 0.29) is 54.7 Å². The van der Waals surface area contributed by atoms with Crippen LogP contribution in [0.3, 0.4) is 0 Å². The van der Waals surface area contributed by atoms with Crippen molar-refractivity contribution in [2.75, 3.05) is 6.29 Å². The zero-order chi connectivity index (χ0) is 29.8. The molecule has 4 aromatic rings. The molecule has 1 saturated heterocycles. The molecular weight excluding hydrogens is 551 g/mol. The molecule has 5 rings (SSSR count). The predicted molar refractivity (Wildman–Crippen MR) is 164 cm³/mol. The quantitative estimate of drug-likeness (QED) is 0.103. The molecule has 1 unspecified atom stereocenters. The number of carbonyl (C=O) groups is 3. The average Bonchev–Trinajstić information content (AvgIpc) is 3.02. The number of rotatable bonds is 11. The van der Waals surface area contributed by atoms with E-state index >= 15 is 4.79 Å². The van der Waals surface area contributed by atoms with Gasteiger partial charge in [-0.2, -0.15) is 0 Å². The Balaban J connectivity index is 1.79. The van der Waals surface area contributed by atoms with Crippen molar-refractivity contribution in [3.63, 3.8) is 0 Å². The third-order valence-electron chi connectivity index (χ3n) is 8.05. The summed E-state index contributed by atoms with van der Waals surface area (Å²) in [4.78, 5) is 53.5. The Morgan fingerprint density at radius 1 is 0.833 bits per heavy atom. The Bertz CT molecular complexity index is 1530. The van der Waals surface area contributed by atoms with Crippen molar-refractivity contribution in [1.82, 2.24) is 4.90 Å². The number of para-hydroxylation sites is 1. The Kier molecular flexibility index (Phi) is 8.01. The van der Waals surface area contributed by atoms with Gasteiger partial charge in [-0.25, -0.2) is 0 Å². The second-order valence-electron chi connectivity index (χ2n) is 10.5. The predicted octanol–water partition coefficient (Wildman–Crippen LogP) is 5.30. The number of carbonyl (C=O) groups excluding carboxylic acids is 3. The van der Waals surface area contributed by atoms with Gasteiger partial charge < -0.3 is 0 Å². The van der Waals surface area contributed by atoms with Crippen LogP contribution in [0.2, 0.25) is 0 Å². The fourth-order valence-corrected chi connectivity index (χ4v) is 11.9. The minimum atomic E-state index is -4.42. The molecule has 1 atom stereocenters. The van der Waals surface area contributed by atoms with Gasteiger partial charge in [-0.3, -0.25) is 0 Å². The van der Waals surface area contributed by atoms with Gasteiger partial charge in [0, 0.05) is 0 Å². The number of hydrogen-bond donors (Lipinski definition) is 0. The molecule has 8 nitrogen and oxygen atoms in total. The molecule has 1 fully saturated rings. The van der Waals surface area contributed by atoms with Crippen LogP contribution < -0.4 is 15.9 Å². The molecule has 4 aromatic carbocycles. The molecule has 1 amide bonds. The molecule has 1 aliphatic heterocycles. The number of nitrogens with zero attached hydrogens (tertiary/aromatic N) is 2. The maximum atomic E-state index is 15.2. The van der Waals surface area contributed by atoms with Crippen LogP contribution in [0.5, 0.6) is 0 Å². The summed E-state index contributed by atoms with van der Waals surface area (Å²) in [5.41, 5.74) is -0.454. The summed E-state index contributed by atoms with van der Waals surface area (Å²) in [5, 5.41) is 13.8. The fourth-order valence-electron chi connectivity index (χ4n) is 5.96. The van der Waals surface area contributed by atoms with Crippen LogP contribution in [-0.2, 0) is 20.9 Å². The Labute approximate surface area is 244 Å². The number of β-lactam (4-membered cyclic amide) rings is 1. The van der Waals surface area contributed by atoms with E-state index in [1.807, 2.05) is 91.0 Å². The molecule has 214 valence electrons. The Morgan fingerprint density at radius 2 is 1.31 bits per heavy atom. The average molecular weight is 583 g/mol. The molecule has 0 spiro atoms. The molecule has 0 aliphatic carbocycles. The Hall–Kier alpha value is -4.68. The number of Topliss-reactive ketones (excluding diaryl/α,β-unsaturated/α-hetero) is 1. The molecule has 1 aliphatic rings. The molecule has 0 bridgehead atoms. The number of nitro groups is 1. The zero-order valence-corrected chi connectivity index (χ0v) is 24.1. The van der Waals surface area contributed by atoms with Crippen LogP contribution >= 0.6 is 6.60 Å². The van der Waals surface area contributed by atoms with E-state index in [0.717, 1.165) is 0 Å². The van der Waals surface area contributed by atoms with E-state index in [1.165, 1.54) is 13.0 Å². The van der Waals surface area contributed by atoms with Crippen molar-refractivity contribution in [3.05, 3.63) is 131 Å². The van der Waals surface area contributed by atoms with Crippen molar-refractivity contribution < 1.29 is 24.0 Å². The molecule has 0 N–H and O–H groups in total. The first-order chi connectivity index (χ1) is 20.3. The van der Waals surface area contributed by atoms with Crippen LogP contribution in [0.1, 0.15) is 25.3 Å². The zero-order valence-electron chi connectivity index (χ0n) is 23.2. The van der Waals surface area contributed by atoms with Crippen LogP contribution in [0.15, 0.2) is 115 Å². The minimum absolute atomic E-state index is 0.00383. The number of nitro benzene ring substituents is 1. The van der Waals surface area contributed by atoms with Gasteiger partial charge in [0.25, 0.3) is 0 Å². The van der Waals surface area contributed by atoms with E-state index in [9.17, 15) is 19.7 Å². The summed E-state index contributed by atoms with van der Waals surface area (Å²) in [6.07, 6.45) is 0.397. The molecule has 0 saturated carbocycles. The first kappa shape index (κ1) is 28.8. The van der Waals surface area contributed by atoms with E-state index in [1.54, 1.807) is 23.1 Å². The van der Waals surface area contributed by atoms with Crippen molar-refractivity contribution >= 4 is 45.6 Å². The molecule has 9 heteroatoms. The van der Waals surface area contributed by atoms with Crippen LogP contribution in [0, 0.1) is 10.1 Å². The van der Waals surface area contributed by atoms with Crippen LogP contribution in [0.25, 0.3) is 0 Å². The van der Waals surface area contributed by atoms with Crippen molar-refractivity contribution in [2.45, 2.75) is 32.4 Å². The van der Waals surface area contributed by atoms with Gasteiger partial charge in [0.15, 0.2) is 0 Å². The molecule has 42 heavy (non-hydrogen) atoms. The number of benzene rings is 4. The SMILES string of the molecule is CC(=O)CC1CC(=O)N1CP(C(=O)OCc1ccccc1[N+](=O)[O-])(c1ccccc1)(c1ccccc1)c1ccccc1. The number of likely N-dealkylation sites (tertiary alicyclic amines) is 1. The van der Waals surface area contributed by atoms with Gasteiger partial charge in [0.1, 0.15) is 0 Å². The second kappa shape index (κ2) is 11.7. The third-order valence-corrected chi connectivity index (χ3v) is 14.2. The van der Waals surface area contributed by atoms with Gasteiger partial charge >= 0.3 is 244 Å². The molecule has 0 aromatic heterocycles. The van der Waals surface area contributed by atoms with E-state index in [2.05, 4.69) is 0 Å². The number of ether oxygens (including phenoxy) is 1. The molecular formula is C33H31N2O6P. The number of amides is 1. The summed E-state index contributed by atoms with van der Waals surface area (Å²) in [5.74, 6) is -0.194. The third kappa shape index (κ3) is 4.78. The van der Waals surface area contributed by atoms with Crippen molar-refractivity contribution in [3.8, 4) is 0 Å². The van der Waals surface area contributed by atoms with Gasteiger partial charge in [0.2, 0.25) is 0 Å². The van der Waals surface area contributed by atoms with Crippen LogP contribution in [-0.4, -0.2) is 39.6 Å². The van der Waals surface area contributed by atoms with Gasteiger partial charge in [-0.05, 0) is 0 Å². The van der Waals surface area contributed by atoms with Crippen LogP contribution in [0.4, 0.5) is 10.5 Å². The second-order valence-corrected chi connectivity index (χ2v) is 15.3. The summed E-state index contributed by atoms with van der Waals surface area (Å²) < 4.78 is 6.18. The first-order valence-electron chi connectivity index (χ1n) is 13.6. The molecule has 1 heterocycles. The number of hydrogen-bond acceptors (Lipinski definition) is 6. The summed E-state index contributed by atoms with van der Waals surface area (Å²) in [6.45, 7) is -3.25. The van der Waals surface area contributed by atoms with E-state index in [4.69, 9.17) is 4.74 Å². The number of ketones is 1. The van der Waals surface area contributed by atoms with Gasteiger partial charge in [0.05, 0.1) is 0 Å². The summed E-state index contributed by atoms with van der Waals surface area (Å²) >= 11 is 0. The van der Waals surface area contributed by atoms with Gasteiger partial charge in [-0.15, -0.1) is 0 Å². The monoisotopic (exact) mass is 582 g/mol. The fraction of sp³-hybridized carbons (Fsp3) is 0.182. The van der Waals surface area contributed by atoms with Gasteiger partial charge in [-0.1, -0.05) is 0 Å². The first-order valence-corrected chi connectivity index (χ1v) is 16.1.